The number of alkyl halides is 3. The van der Waals surface area contributed by atoms with Gasteiger partial charge >= 0.3 is 6.18 Å². The SMILES string of the molecule is NC1CCCCC1C(=O)Nc1cccc(C(F)(F)F)c1. The number of nitrogens with two attached hydrogens (primary N) is 1. The third kappa shape index (κ3) is 3.50. The van der Waals surface area contributed by atoms with E-state index in [2.05, 4.69) is 5.32 Å². The molecule has 0 heterocycles. The van der Waals surface area contributed by atoms with Gasteiger partial charge in [0.1, 0.15) is 0 Å². The summed E-state index contributed by atoms with van der Waals surface area (Å²) in [7, 11) is 0. The van der Waals surface area contributed by atoms with Crippen LogP contribution in [0.4, 0.5) is 18.9 Å². The van der Waals surface area contributed by atoms with Gasteiger partial charge in [-0.3, -0.25) is 4.79 Å². The zero-order chi connectivity index (χ0) is 14.8. The Hall–Kier alpha value is -1.56. The molecule has 1 saturated carbocycles. The lowest BCUT2D eigenvalue weighted by Gasteiger charge is -2.27. The van der Waals surface area contributed by atoms with Gasteiger partial charge in [0.2, 0.25) is 5.91 Å². The molecule has 0 bridgehead atoms. The summed E-state index contributed by atoms with van der Waals surface area (Å²) < 4.78 is 37.8. The molecule has 6 heteroatoms. The molecule has 0 spiro atoms. The van der Waals surface area contributed by atoms with E-state index < -0.39 is 11.7 Å². The lowest BCUT2D eigenvalue weighted by atomic mass is 9.84. The molecule has 2 rings (SSSR count). The van der Waals surface area contributed by atoms with Crippen LogP contribution in [0.15, 0.2) is 24.3 Å². The Labute approximate surface area is 115 Å². The van der Waals surface area contributed by atoms with E-state index in [0.717, 1.165) is 31.4 Å². The summed E-state index contributed by atoms with van der Waals surface area (Å²) in [4.78, 5) is 12.1. The zero-order valence-corrected chi connectivity index (χ0v) is 10.9. The Balaban J connectivity index is 2.08. The minimum Gasteiger partial charge on any atom is -0.327 e. The molecular weight excluding hydrogens is 269 g/mol. The lowest BCUT2D eigenvalue weighted by Crippen LogP contribution is -2.40. The number of anilines is 1. The molecule has 1 aliphatic carbocycles. The third-order valence-electron chi connectivity index (χ3n) is 3.61. The van der Waals surface area contributed by atoms with E-state index >= 15 is 0 Å². The van der Waals surface area contributed by atoms with Gasteiger partial charge in [0.05, 0.1) is 11.5 Å². The first-order valence-corrected chi connectivity index (χ1v) is 6.61. The summed E-state index contributed by atoms with van der Waals surface area (Å²) in [6.45, 7) is 0. The molecule has 0 aliphatic heterocycles. The lowest BCUT2D eigenvalue weighted by molar-refractivity contribution is -0.137. The maximum Gasteiger partial charge on any atom is 0.416 e. The first-order valence-electron chi connectivity index (χ1n) is 6.61. The van der Waals surface area contributed by atoms with Crippen LogP contribution in [0, 0.1) is 5.92 Å². The van der Waals surface area contributed by atoms with Crippen LogP contribution in [0.2, 0.25) is 0 Å². The molecule has 2 unspecified atom stereocenters. The zero-order valence-electron chi connectivity index (χ0n) is 10.9. The van der Waals surface area contributed by atoms with Crippen LogP contribution in [-0.2, 0) is 11.0 Å². The molecule has 1 aliphatic rings. The minimum absolute atomic E-state index is 0.155. The monoisotopic (exact) mass is 286 g/mol. The second-order valence-corrected chi connectivity index (χ2v) is 5.12. The normalized spacial score (nSPS) is 23.4. The molecule has 0 saturated heterocycles. The van der Waals surface area contributed by atoms with Crippen molar-refractivity contribution < 1.29 is 18.0 Å². The maximum atomic E-state index is 12.6. The number of amides is 1. The van der Waals surface area contributed by atoms with Crippen molar-refractivity contribution in [2.45, 2.75) is 37.9 Å². The van der Waals surface area contributed by atoms with Crippen LogP contribution in [0.5, 0.6) is 0 Å². The van der Waals surface area contributed by atoms with Gasteiger partial charge in [0.15, 0.2) is 0 Å². The van der Waals surface area contributed by atoms with Crippen molar-refractivity contribution in [1.29, 1.82) is 0 Å². The largest absolute Gasteiger partial charge is 0.416 e. The van der Waals surface area contributed by atoms with Gasteiger partial charge in [-0.1, -0.05) is 18.9 Å². The van der Waals surface area contributed by atoms with Crippen LogP contribution < -0.4 is 11.1 Å². The van der Waals surface area contributed by atoms with Gasteiger partial charge in [-0.15, -0.1) is 0 Å². The smallest absolute Gasteiger partial charge is 0.327 e. The topological polar surface area (TPSA) is 55.1 Å². The van der Waals surface area contributed by atoms with E-state index in [1.165, 1.54) is 12.1 Å². The molecule has 3 nitrogen and oxygen atoms in total. The number of nitrogens with one attached hydrogen (secondary N) is 1. The van der Waals surface area contributed by atoms with Crippen molar-refractivity contribution in [2.24, 2.45) is 11.7 Å². The van der Waals surface area contributed by atoms with E-state index in [1.807, 2.05) is 0 Å². The summed E-state index contributed by atoms with van der Waals surface area (Å²) in [5.74, 6) is -0.616. The van der Waals surface area contributed by atoms with Crippen LogP contribution in [0.3, 0.4) is 0 Å². The van der Waals surface area contributed by atoms with Gasteiger partial charge in [0, 0.05) is 11.7 Å². The van der Waals surface area contributed by atoms with Gasteiger partial charge in [0.25, 0.3) is 0 Å². The average Bonchev–Trinajstić information content (AvgIpc) is 2.38. The van der Waals surface area contributed by atoms with Crippen LogP contribution in [0.1, 0.15) is 31.2 Å². The highest BCUT2D eigenvalue weighted by atomic mass is 19.4. The molecule has 3 N–H and O–H groups in total. The van der Waals surface area contributed by atoms with Crippen molar-refractivity contribution >= 4 is 11.6 Å². The Bertz CT molecular complexity index is 488. The fourth-order valence-electron chi connectivity index (χ4n) is 2.49. The fourth-order valence-corrected chi connectivity index (χ4v) is 2.49. The van der Waals surface area contributed by atoms with Gasteiger partial charge in [-0.25, -0.2) is 0 Å². The van der Waals surface area contributed by atoms with Crippen molar-refractivity contribution in [2.75, 3.05) is 5.32 Å². The third-order valence-corrected chi connectivity index (χ3v) is 3.61. The minimum atomic E-state index is -4.41. The highest BCUT2D eigenvalue weighted by Crippen LogP contribution is 2.31. The summed E-state index contributed by atoms with van der Waals surface area (Å²) in [5, 5.41) is 2.54. The molecular formula is C14H17F3N2O. The molecule has 1 aromatic carbocycles. The molecule has 0 aromatic heterocycles. The van der Waals surface area contributed by atoms with Gasteiger partial charge in [-0.2, -0.15) is 13.2 Å². The van der Waals surface area contributed by atoms with E-state index in [-0.39, 0.29) is 23.6 Å². The quantitative estimate of drug-likeness (QED) is 0.877. The summed E-state index contributed by atoms with van der Waals surface area (Å²) in [6.07, 6.45) is -1.03. The molecule has 2 atom stereocenters. The molecule has 1 fully saturated rings. The first kappa shape index (κ1) is 14.8. The number of halogens is 3. The van der Waals surface area contributed by atoms with Crippen molar-refractivity contribution in [3.8, 4) is 0 Å². The van der Waals surface area contributed by atoms with Crippen molar-refractivity contribution in [3.63, 3.8) is 0 Å². The number of rotatable bonds is 2. The van der Waals surface area contributed by atoms with E-state index in [4.69, 9.17) is 5.73 Å². The van der Waals surface area contributed by atoms with Crippen LogP contribution >= 0.6 is 0 Å². The maximum absolute atomic E-state index is 12.6. The number of hydrogen-bond donors (Lipinski definition) is 2. The van der Waals surface area contributed by atoms with Gasteiger partial charge in [-0.05, 0) is 31.0 Å². The fraction of sp³-hybridized carbons (Fsp3) is 0.500. The van der Waals surface area contributed by atoms with Crippen molar-refractivity contribution in [1.82, 2.24) is 0 Å². The van der Waals surface area contributed by atoms with E-state index in [1.54, 1.807) is 0 Å². The van der Waals surface area contributed by atoms with Crippen LogP contribution in [-0.4, -0.2) is 11.9 Å². The average molecular weight is 286 g/mol. The number of carbonyl (C=O) groups excluding carboxylic acids is 1. The highest BCUT2D eigenvalue weighted by molar-refractivity contribution is 5.93. The van der Waals surface area contributed by atoms with E-state index in [9.17, 15) is 18.0 Å². The molecule has 0 radical (unpaired) electrons. The second-order valence-electron chi connectivity index (χ2n) is 5.12. The predicted molar refractivity (Wildman–Crippen MR) is 70.0 cm³/mol. The Morgan fingerprint density at radius 3 is 2.60 bits per heavy atom. The van der Waals surface area contributed by atoms with E-state index in [0.29, 0.717) is 6.42 Å². The highest BCUT2D eigenvalue weighted by Gasteiger charge is 2.31. The molecule has 1 amide bonds. The predicted octanol–water partition coefficient (Wildman–Crippen LogP) is 3.16. The summed E-state index contributed by atoms with van der Waals surface area (Å²) >= 11 is 0. The van der Waals surface area contributed by atoms with Crippen molar-refractivity contribution in [3.05, 3.63) is 29.8 Å². The summed E-state index contributed by atoms with van der Waals surface area (Å²) in [5.41, 5.74) is 5.27. The number of carbonyl (C=O) groups is 1. The van der Waals surface area contributed by atoms with Gasteiger partial charge < -0.3 is 11.1 Å². The number of hydrogen-bond acceptors (Lipinski definition) is 2. The second kappa shape index (κ2) is 5.83. The molecule has 110 valence electrons. The number of benzene rings is 1. The standard InChI is InChI=1S/C14H17F3N2O/c15-14(16,17)9-4-3-5-10(8-9)19-13(20)11-6-1-2-7-12(11)18/h3-5,8,11-12H,1-2,6-7,18H2,(H,19,20). The Morgan fingerprint density at radius 1 is 1.25 bits per heavy atom. The Morgan fingerprint density at radius 2 is 1.95 bits per heavy atom. The Kier molecular flexibility index (Phi) is 4.32. The molecule has 1 aromatic rings. The van der Waals surface area contributed by atoms with Crippen LogP contribution in [0.25, 0.3) is 0 Å². The molecule has 20 heavy (non-hydrogen) atoms. The first-order chi connectivity index (χ1) is 9.38. The summed E-state index contributed by atoms with van der Waals surface area (Å²) in [6, 6.07) is 4.42.